The van der Waals surface area contributed by atoms with Crippen molar-refractivity contribution in [2.24, 2.45) is 0 Å². The van der Waals surface area contributed by atoms with Crippen LogP contribution < -0.4 is 25.4 Å². The lowest BCUT2D eigenvalue weighted by atomic mass is 10.2. The number of methoxy groups -OCH3 is 2. The van der Waals surface area contributed by atoms with Crippen molar-refractivity contribution in [1.29, 1.82) is 0 Å². The second-order valence-electron chi connectivity index (χ2n) is 5.84. The molecule has 0 aliphatic rings. The van der Waals surface area contributed by atoms with Crippen LogP contribution in [0.4, 0.5) is 28.8 Å². The maximum atomic E-state index is 11.1. The third-order valence-corrected chi connectivity index (χ3v) is 3.79. The third-order valence-electron chi connectivity index (χ3n) is 3.79. The van der Waals surface area contributed by atoms with Crippen LogP contribution in [0.15, 0.2) is 54.7 Å². The molecule has 0 aliphatic carbocycles. The van der Waals surface area contributed by atoms with Gasteiger partial charge < -0.3 is 25.4 Å². The van der Waals surface area contributed by atoms with E-state index in [1.807, 2.05) is 36.4 Å². The second kappa shape index (κ2) is 8.72. The van der Waals surface area contributed by atoms with Crippen molar-refractivity contribution in [1.82, 2.24) is 9.97 Å². The van der Waals surface area contributed by atoms with E-state index in [1.165, 1.54) is 6.92 Å². The van der Waals surface area contributed by atoms with Crippen LogP contribution in [0.2, 0.25) is 0 Å². The molecule has 28 heavy (non-hydrogen) atoms. The molecule has 1 aromatic heterocycles. The average Bonchev–Trinajstić information content (AvgIpc) is 2.70. The number of anilines is 5. The molecule has 2 aromatic carbocycles. The van der Waals surface area contributed by atoms with E-state index in [-0.39, 0.29) is 5.91 Å². The minimum Gasteiger partial charge on any atom is -0.497 e. The van der Waals surface area contributed by atoms with Gasteiger partial charge in [0, 0.05) is 30.6 Å². The van der Waals surface area contributed by atoms with Crippen LogP contribution in [-0.4, -0.2) is 30.1 Å². The lowest BCUT2D eigenvalue weighted by Crippen LogP contribution is -2.05. The van der Waals surface area contributed by atoms with Gasteiger partial charge in [-0.1, -0.05) is 0 Å². The molecule has 0 unspecified atom stereocenters. The number of aromatic nitrogens is 2. The minimum atomic E-state index is -0.110. The van der Waals surface area contributed by atoms with Gasteiger partial charge in [0.25, 0.3) is 0 Å². The Bertz CT molecular complexity index is 960. The van der Waals surface area contributed by atoms with E-state index in [2.05, 4.69) is 25.9 Å². The lowest BCUT2D eigenvalue weighted by Gasteiger charge is -2.12. The number of ether oxygens (including phenoxy) is 2. The van der Waals surface area contributed by atoms with Crippen LogP contribution in [0.5, 0.6) is 11.5 Å². The first-order chi connectivity index (χ1) is 13.6. The normalized spacial score (nSPS) is 10.1. The second-order valence-corrected chi connectivity index (χ2v) is 5.84. The molecule has 3 rings (SSSR count). The number of carbonyl (C=O) groups is 1. The maximum Gasteiger partial charge on any atom is 0.229 e. The van der Waals surface area contributed by atoms with Gasteiger partial charge in [0.2, 0.25) is 11.9 Å². The molecule has 3 N–H and O–H groups in total. The van der Waals surface area contributed by atoms with Gasteiger partial charge in [0.1, 0.15) is 17.3 Å². The van der Waals surface area contributed by atoms with E-state index < -0.39 is 0 Å². The molecule has 0 atom stereocenters. The zero-order valence-corrected chi connectivity index (χ0v) is 15.8. The molecule has 1 amide bonds. The van der Waals surface area contributed by atoms with Crippen molar-refractivity contribution in [2.45, 2.75) is 6.92 Å². The highest BCUT2D eigenvalue weighted by Crippen LogP contribution is 2.30. The summed E-state index contributed by atoms with van der Waals surface area (Å²) in [6.45, 7) is 1.47. The maximum absolute atomic E-state index is 11.1. The Kier molecular flexibility index (Phi) is 5.91. The summed E-state index contributed by atoms with van der Waals surface area (Å²) in [7, 11) is 3.19. The number of nitrogens with one attached hydrogen (secondary N) is 3. The summed E-state index contributed by atoms with van der Waals surface area (Å²) in [6, 6.07) is 14.5. The molecule has 8 nitrogen and oxygen atoms in total. The molecule has 0 saturated carbocycles. The molecule has 3 aromatic rings. The Hall–Kier alpha value is -3.81. The highest BCUT2D eigenvalue weighted by atomic mass is 16.5. The fraction of sp³-hybridized carbons (Fsp3) is 0.150. The highest BCUT2D eigenvalue weighted by molar-refractivity contribution is 5.88. The van der Waals surface area contributed by atoms with Crippen molar-refractivity contribution >= 4 is 34.7 Å². The Morgan fingerprint density at radius 1 is 0.929 bits per heavy atom. The monoisotopic (exact) mass is 379 g/mol. The van der Waals surface area contributed by atoms with E-state index in [0.29, 0.717) is 23.3 Å². The largest absolute Gasteiger partial charge is 0.497 e. The van der Waals surface area contributed by atoms with Gasteiger partial charge in [-0.3, -0.25) is 4.79 Å². The van der Waals surface area contributed by atoms with Gasteiger partial charge >= 0.3 is 0 Å². The van der Waals surface area contributed by atoms with Gasteiger partial charge in [0.05, 0.1) is 19.9 Å². The number of hydrogen-bond acceptors (Lipinski definition) is 7. The van der Waals surface area contributed by atoms with E-state index in [1.54, 1.807) is 32.5 Å². The molecule has 0 bridgehead atoms. The van der Waals surface area contributed by atoms with Crippen LogP contribution in [0.1, 0.15) is 6.92 Å². The molecule has 0 spiro atoms. The van der Waals surface area contributed by atoms with Gasteiger partial charge in [-0.25, -0.2) is 4.98 Å². The lowest BCUT2D eigenvalue weighted by molar-refractivity contribution is -0.114. The summed E-state index contributed by atoms with van der Waals surface area (Å²) in [5.74, 6) is 2.25. The summed E-state index contributed by atoms with van der Waals surface area (Å²) >= 11 is 0. The van der Waals surface area contributed by atoms with E-state index in [9.17, 15) is 4.79 Å². The summed E-state index contributed by atoms with van der Waals surface area (Å²) in [5, 5.41) is 9.07. The van der Waals surface area contributed by atoms with Crippen LogP contribution in [0, 0.1) is 0 Å². The zero-order chi connectivity index (χ0) is 19.9. The molecule has 0 aliphatic heterocycles. The third kappa shape index (κ3) is 4.88. The summed E-state index contributed by atoms with van der Waals surface area (Å²) < 4.78 is 10.6. The quantitative estimate of drug-likeness (QED) is 0.572. The Balaban J connectivity index is 1.73. The first-order valence-electron chi connectivity index (χ1n) is 8.54. The van der Waals surface area contributed by atoms with Crippen molar-refractivity contribution < 1.29 is 14.3 Å². The summed E-state index contributed by atoms with van der Waals surface area (Å²) in [5.41, 5.74) is 2.29. The fourth-order valence-corrected chi connectivity index (χ4v) is 2.50. The molecular weight excluding hydrogens is 358 g/mol. The Morgan fingerprint density at radius 2 is 1.68 bits per heavy atom. The van der Waals surface area contributed by atoms with Gasteiger partial charge in [0.15, 0.2) is 0 Å². The molecule has 144 valence electrons. The zero-order valence-electron chi connectivity index (χ0n) is 15.8. The summed E-state index contributed by atoms with van der Waals surface area (Å²) in [6.07, 6.45) is 1.65. The number of benzene rings is 2. The first kappa shape index (κ1) is 19.0. The van der Waals surface area contributed by atoms with E-state index in [0.717, 1.165) is 17.1 Å². The van der Waals surface area contributed by atoms with Crippen molar-refractivity contribution in [3.63, 3.8) is 0 Å². The number of nitrogens with zero attached hydrogens (tertiary/aromatic N) is 2. The minimum absolute atomic E-state index is 0.110. The van der Waals surface area contributed by atoms with E-state index in [4.69, 9.17) is 9.47 Å². The number of carbonyl (C=O) groups excluding carboxylic acids is 1. The summed E-state index contributed by atoms with van der Waals surface area (Å²) in [4.78, 5) is 19.8. The van der Waals surface area contributed by atoms with Crippen LogP contribution in [0.25, 0.3) is 0 Å². The van der Waals surface area contributed by atoms with Gasteiger partial charge in [-0.15, -0.1) is 0 Å². The predicted molar refractivity (Wildman–Crippen MR) is 109 cm³/mol. The standard InChI is InChI=1S/C20H21N5O3/c1-13(26)22-14-4-6-15(7-5-14)23-19-10-11-21-20(25-19)24-17-9-8-16(27-2)12-18(17)28-3/h4-12H,1-3H3,(H,22,26)(H2,21,23,24,25). The van der Waals surface area contributed by atoms with Crippen LogP contribution >= 0.6 is 0 Å². The van der Waals surface area contributed by atoms with Gasteiger partial charge in [-0.05, 0) is 42.5 Å². The molecular formula is C20H21N5O3. The molecule has 8 heteroatoms. The number of rotatable bonds is 7. The number of amides is 1. The molecule has 0 saturated heterocycles. The van der Waals surface area contributed by atoms with Crippen molar-refractivity contribution in [3.8, 4) is 11.5 Å². The highest BCUT2D eigenvalue weighted by Gasteiger charge is 2.08. The van der Waals surface area contributed by atoms with Crippen molar-refractivity contribution in [3.05, 3.63) is 54.7 Å². The SMILES string of the molecule is COc1ccc(Nc2nccc(Nc3ccc(NC(C)=O)cc3)n2)c(OC)c1. The van der Waals surface area contributed by atoms with Crippen LogP contribution in [0.3, 0.4) is 0 Å². The predicted octanol–water partition coefficient (Wildman–Crippen LogP) is 3.94. The van der Waals surface area contributed by atoms with E-state index >= 15 is 0 Å². The topological polar surface area (TPSA) is 97.4 Å². The first-order valence-corrected chi connectivity index (χ1v) is 8.54. The molecule has 0 radical (unpaired) electrons. The van der Waals surface area contributed by atoms with Gasteiger partial charge in [-0.2, -0.15) is 4.98 Å². The average molecular weight is 379 g/mol. The molecule has 0 fully saturated rings. The fourth-order valence-electron chi connectivity index (χ4n) is 2.50. The van der Waals surface area contributed by atoms with Crippen molar-refractivity contribution in [2.75, 3.05) is 30.2 Å². The molecule has 1 heterocycles. The smallest absolute Gasteiger partial charge is 0.229 e. The van der Waals surface area contributed by atoms with Crippen LogP contribution in [-0.2, 0) is 4.79 Å². The Labute approximate surface area is 162 Å². The Morgan fingerprint density at radius 3 is 2.36 bits per heavy atom. The number of hydrogen-bond donors (Lipinski definition) is 3.